The van der Waals surface area contributed by atoms with E-state index in [2.05, 4.69) is 29.2 Å². The highest BCUT2D eigenvalue weighted by Gasteiger charge is 2.42. The molecule has 2 atom stereocenters. The molecule has 5 aromatic rings. The summed E-state index contributed by atoms with van der Waals surface area (Å²) in [6.45, 7) is 0.379. The molecule has 216 valence electrons. The van der Waals surface area contributed by atoms with Crippen LogP contribution in [-0.4, -0.2) is 28.6 Å². The lowest BCUT2D eigenvalue weighted by atomic mass is 9.76. The number of hydrogen-bond donors (Lipinski definition) is 1. The van der Waals surface area contributed by atoms with Crippen LogP contribution < -0.4 is 9.47 Å². The van der Waals surface area contributed by atoms with Crippen LogP contribution in [0.25, 0.3) is 11.0 Å². The second-order valence-electron chi connectivity index (χ2n) is 11.6. The van der Waals surface area contributed by atoms with Crippen LogP contribution in [0.4, 0.5) is 0 Å². The highest BCUT2D eigenvalue weighted by Crippen LogP contribution is 2.43. The largest absolute Gasteiger partial charge is 0.494 e. The van der Waals surface area contributed by atoms with Gasteiger partial charge < -0.3 is 14.5 Å². The number of H-pyrrole nitrogens is 1. The van der Waals surface area contributed by atoms with Gasteiger partial charge in [-0.05, 0) is 59.7 Å². The van der Waals surface area contributed by atoms with Crippen LogP contribution in [-0.2, 0) is 6.61 Å². The molecule has 1 saturated carbocycles. The highest BCUT2D eigenvalue weighted by molar-refractivity contribution is 6.30. The quantitative estimate of drug-likeness (QED) is 0.191. The Kier molecular flexibility index (Phi) is 7.27. The van der Waals surface area contributed by atoms with Crippen molar-refractivity contribution in [3.63, 3.8) is 0 Å². The van der Waals surface area contributed by atoms with E-state index in [1.165, 1.54) is 24.8 Å². The minimum Gasteiger partial charge on any atom is -0.494 e. The third-order valence-electron chi connectivity index (χ3n) is 9.06. The molecule has 1 heterocycles. The number of carbonyl (C=O) groups is 2. The van der Waals surface area contributed by atoms with Gasteiger partial charge in [0.05, 0.1) is 12.6 Å². The fraction of sp³-hybridized carbons (Fsp3) is 0.270. The smallest absolute Gasteiger partial charge is 0.179 e. The lowest BCUT2D eigenvalue weighted by Crippen LogP contribution is -2.18. The summed E-state index contributed by atoms with van der Waals surface area (Å²) in [7, 11) is 1.63. The average Bonchev–Trinajstić information content (AvgIpc) is 3.60. The average molecular weight is 571 g/mol. The van der Waals surface area contributed by atoms with Gasteiger partial charge in [-0.3, -0.25) is 9.59 Å². The number of aromatic nitrogens is 2. The van der Waals surface area contributed by atoms with Crippen LogP contribution in [0.5, 0.6) is 11.5 Å². The van der Waals surface area contributed by atoms with Gasteiger partial charge in [-0.1, -0.05) is 86.0 Å². The zero-order valence-electron chi connectivity index (χ0n) is 24.2. The number of rotatable bonds is 8. The fourth-order valence-electron chi connectivity index (χ4n) is 6.92. The standard InChI is InChI=1S/C37H34N2O4/c1-42-30-20-19-28(32-35(40)27-18-17-26(21-29(27)36(32)41)43-22-23-11-5-2-6-12-23)33-34(30)39-37(38-33)31(24-13-7-3-8-14-24)25-15-9-4-10-16-25/h2-3,5-8,11-14,17-21,25,31-32H,4,9-10,15-16,22H2,1H3,(H,38,39). The van der Waals surface area contributed by atoms with Crippen molar-refractivity contribution in [2.24, 2.45) is 5.92 Å². The van der Waals surface area contributed by atoms with Crippen LogP contribution >= 0.6 is 0 Å². The van der Waals surface area contributed by atoms with Crippen molar-refractivity contribution < 1.29 is 19.1 Å². The Morgan fingerprint density at radius 2 is 1.56 bits per heavy atom. The Hall–Kier alpha value is -4.71. The number of methoxy groups -OCH3 is 1. The minimum absolute atomic E-state index is 0.0861. The van der Waals surface area contributed by atoms with Crippen molar-refractivity contribution in [3.8, 4) is 11.5 Å². The molecule has 0 radical (unpaired) electrons. The van der Waals surface area contributed by atoms with E-state index in [1.807, 2.05) is 48.5 Å². The maximum absolute atomic E-state index is 13.9. The number of fused-ring (bicyclic) bond motifs is 2. The van der Waals surface area contributed by atoms with Crippen LogP contribution in [0.3, 0.4) is 0 Å². The Balaban J connectivity index is 1.26. The van der Waals surface area contributed by atoms with Crippen molar-refractivity contribution in [2.75, 3.05) is 7.11 Å². The molecule has 2 unspecified atom stereocenters. The lowest BCUT2D eigenvalue weighted by molar-refractivity contribution is 0.0890. The number of benzene rings is 4. The molecular formula is C37H34N2O4. The van der Waals surface area contributed by atoms with Gasteiger partial charge in [-0.15, -0.1) is 0 Å². The molecule has 6 heteroatoms. The number of carbonyl (C=O) groups excluding carboxylic acids is 2. The van der Waals surface area contributed by atoms with Crippen molar-refractivity contribution in [3.05, 3.63) is 125 Å². The molecule has 4 aromatic carbocycles. The molecule has 0 spiro atoms. The first kappa shape index (κ1) is 27.1. The fourth-order valence-corrected chi connectivity index (χ4v) is 6.92. The molecule has 0 saturated heterocycles. The zero-order chi connectivity index (χ0) is 29.3. The normalized spacial score (nSPS) is 17.7. The predicted molar refractivity (Wildman–Crippen MR) is 166 cm³/mol. The maximum Gasteiger partial charge on any atom is 0.179 e. The minimum atomic E-state index is -0.964. The second-order valence-corrected chi connectivity index (χ2v) is 11.6. The molecule has 1 fully saturated rings. The van der Waals surface area contributed by atoms with E-state index in [1.54, 1.807) is 25.3 Å². The van der Waals surface area contributed by atoms with Crippen molar-refractivity contribution in [2.45, 2.75) is 50.5 Å². The van der Waals surface area contributed by atoms with Gasteiger partial charge in [0.15, 0.2) is 11.6 Å². The van der Waals surface area contributed by atoms with E-state index in [0.717, 1.165) is 29.7 Å². The molecule has 0 bridgehead atoms. The van der Waals surface area contributed by atoms with Crippen molar-refractivity contribution >= 4 is 22.6 Å². The third-order valence-corrected chi connectivity index (χ3v) is 9.06. The Morgan fingerprint density at radius 1 is 0.837 bits per heavy atom. The topological polar surface area (TPSA) is 81.3 Å². The van der Waals surface area contributed by atoms with Gasteiger partial charge in [0.1, 0.15) is 35.4 Å². The number of hydrogen-bond acceptors (Lipinski definition) is 5. The number of nitrogens with zero attached hydrogens (tertiary/aromatic N) is 1. The number of ether oxygens (including phenoxy) is 2. The molecule has 0 amide bonds. The van der Waals surface area contributed by atoms with Crippen LogP contribution in [0.15, 0.2) is 91.0 Å². The number of imidazole rings is 1. The molecule has 2 aliphatic rings. The van der Waals surface area contributed by atoms with E-state index in [0.29, 0.717) is 46.2 Å². The summed E-state index contributed by atoms with van der Waals surface area (Å²) in [6, 6.07) is 29.2. The van der Waals surface area contributed by atoms with Gasteiger partial charge in [0, 0.05) is 17.0 Å². The van der Waals surface area contributed by atoms with Gasteiger partial charge in [-0.2, -0.15) is 0 Å². The molecular weight excluding hydrogens is 536 g/mol. The number of aromatic amines is 1. The lowest BCUT2D eigenvalue weighted by Gasteiger charge is -2.29. The van der Waals surface area contributed by atoms with E-state index in [4.69, 9.17) is 14.5 Å². The Morgan fingerprint density at radius 3 is 2.30 bits per heavy atom. The van der Waals surface area contributed by atoms with E-state index in [9.17, 15) is 9.59 Å². The zero-order valence-corrected chi connectivity index (χ0v) is 24.2. The van der Waals surface area contributed by atoms with Crippen LogP contribution in [0.1, 0.15) is 87.2 Å². The second kappa shape index (κ2) is 11.5. The summed E-state index contributed by atoms with van der Waals surface area (Å²) < 4.78 is 11.7. The van der Waals surface area contributed by atoms with Crippen molar-refractivity contribution in [1.82, 2.24) is 9.97 Å². The van der Waals surface area contributed by atoms with Crippen LogP contribution in [0, 0.1) is 5.92 Å². The van der Waals surface area contributed by atoms with E-state index < -0.39 is 5.92 Å². The Labute approximate surface area is 251 Å². The Bertz CT molecular complexity index is 1790. The summed E-state index contributed by atoms with van der Waals surface area (Å²) >= 11 is 0. The first-order chi connectivity index (χ1) is 21.1. The van der Waals surface area contributed by atoms with Gasteiger partial charge in [-0.25, -0.2) is 4.98 Å². The third kappa shape index (κ3) is 5.01. The van der Waals surface area contributed by atoms with E-state index in [-0.39, 0.29) is 17.5 Å². The predicted octanol–water partition coefficient (Wildman–Crippen LogP) is 8.03. The van der Waals surface area contributed by atoms with Crippen molar-refractivity contribution in [1.29, 1.82) is 0 Å². The number of nitrogens with one attached hydrogen (secondary N) is 1. The SMILES string of the molecule is COc1ccc(C2C(=O)c3ccc(OCc4ccccc4)cc3C2=O)c2nc(C(c3ccccc3)C3CCCCC3)[nH]c12. The van der Waals surface area contributed by atoms with Gasteiger partial charge in [0.25, 0.3) is 0 Å². The molecule has 0 aliphatic heterocycles. The van der Waals surface area contributed by atoms with E-state index >= 15 is 0 Å². The summed E-state index contributed by atoms with van der Waals surface area (Å²) in [5, 5.41) is 0. The first-order valence-corrected chi connectivity index (χ1v) is 15.1. The summed E-state index contributed by atoms with van der Waals surface area (Å²) in [5.41, 5.74) is 5.00. The summed E-state index contributed by atoms with van der Waals surface area (Å²) in [6.07, 6.45) is 5.97. The monoisotopic (exact) mass is 570 g/mol. The summed E-state index contributed by atoms with van der Waals surface area (Å²) in [4.78, 5) is 36.4. The molecule has 1 N–H and O–H groups in total. The number of ketones is 2. The first-order valence-electron chi connectivity index (χ1n) is 15.1. The molecule has 2 aliphatic carbocycles. The summed E-state index contributed by atoms with van der Waals surface area (Å²) in [5.74, 6) is 1.19. The molecule has 43 heavy (non-hydrogen) atoms. The molecule has 1 aromatic heterocycles. The van der Waals surface area contributed by atoms with Gasteiger partial charge >= 0.3 is 0 Å². The highest BCUT2D eigenvalue weighted by atomic mass is 16.5. The van der Waals surface area contributed by atoms with Crippen LogP contribution in [0.2, 0.25) is 0 Å². The molecule has 7 rings (SSSR count). The maximum atomic E-state index is 13.9. The molecule has 6 nitrogen and oxygen atoms in total. The number of Topliss-reactive ketones (excluding diaryl/α,β-unsaturated/α-hetero) is 2. The van der Waals surface area contributed by atoms with Gasteiger partial charge in [0.2, 0.25) is 0 Å².